The zero-order valence-corrected chi connectivity index (χ0v) is 11.7. The van der Waals surface area contributed by atoms with Gasteiger partial charge in [-0.2, -0.15) is 0 Å². The quantitative estimate of drug-likeness (QED) is 0.696. The highest BCUT2D eigenvalue weighted by Crippen LogP contribution is 2.58. The highest BCUT2D eigenvalue weighted by molar-refractivity contribution is 9.10. The fraction of sp³-hybridized carbons (Fsp3) is 0.500. The number of hydrogen-bond donors (Lipinski definition) is 0. The van der Waals surface area contributed by atoms with Crippen molar-refractivity contribution in [2.24, 2.45) is 0 Å². The van der Waals surface area contributed by atoms with Gasteiger partial charge in [-0.15, -0.1) is 23.5 Å². The predicted molar refractivity (Wildman–Crippen MR) is 73.7 cm³/mol. The highest BCUT2D eigenvalue weighted by Gasteiger charge is 2.40. The molecule has 2 aliphatic rings. The van der Waals surface area contributed by atoms with Gasteiger partial charge in [-0.05, 0) is 36.5 Å². The second-order valence-corrected chi connectivity index (χ2v) is 7.97. The standard InChI is InChI=1S/C12H13BrS2/c13-11-5-1-4-10-9(11)3-2-6-12(10)14-7-8-15-12/h1,4-5H,2-3,6-8H2. The molecular formula is C12H13BrS2. The molecule has 1 aromatic carbocycles. The normalized spacial score (nSPS) is 23.0. The minimum absolute atomic E-state index is 0.400. The average molecular weight is 301 g/mol. The lowest BCUT2D eigenvalue weighted by molar-refractivity contribution is 0.642. The van der Waals surface area contributed by atoms with Crippen molar-refractivity contribution in [1.29, 1.82) is 0 Å². The van der Waals surface area contributed by atoms with Crippen molar-refractivity contribution >= 4 is 39.5 Å². The number of halogens is 1. The molecular weight excluding hydrogens is 288 g/mol. The van der Waals surface area contributed by atoms with Crippen LogP contribution in [0.1, 0.15) is 24.0 Å². The summed E-state index contributed by atoms with van der Waals surface area (Å²) in [6.45, 7) is 0. The molecule has 0 atom stereocenters. The largest absolute Gasteiger partial charge is 0.139 e. The fourth-order valence-corrected chi connectivity index (χ4v) is 6.55. The number of rotatable bonds is 0. The van der Waals surface area contributed by atoms with E-state index in [0.29, 0.717) is 4.08 Å². The van der Waals surface area contributed by atoms with Crippen LogP contribution in [0, 0.1) is 0 Å². The number of fused-ring (bicyclic) bond motifs is 2. The summed E-state index contributed by atoms with van der Waals surface area (Å²) in [6, 6.07) is 6.71. The summed E-state index contributed by atoms with van der Waals surface area (Å²) >= 11 is 8.01. The van der Waals surface area contributed by atoms with Gasteiger partial charge in [-0.1, -0.05) is 28.1 Å². The Bertz CT molecular complexity index is 383. The van der Waals surface area contributed by atoms with E-state index in [1.54, 1.807) is 11.1 Å². The Balaban J connectivity index is 2.14. The maximum Gasteiger partial charge on any atom is 0.0863 e. The van der Waals surface area contributed by atoms with Crippen LogP contribution in [0.25, 0.3) is 0 Å². The van der Waals surface area contributed by atoms with Gasteiger partial charge in [0.25, 0.3) is 0 Å². The lowest BCUT2D eigenvalue weighted by Gasteiger charge is -2.34. The van der Waals surface area contributed by atoms with Gasteiger partial charge < -0.3 is 0 Å². The minimum atomic E-state index is 0.400. The smallest absolute Gasteiger partial charge is 0.0863 e. The summed E-state index contributed by atoms with van der Waals surface area (Å²) in [6.07, 6.45) is 3.95. The van der Waals surface area contributed by atoms with Crippen LogP contribution in [-0.2, 0) is 10.5 Å². The van der Waals surface area contributed by atoms with Gasteiger partial charge in [0.15, 0.2) is 0 Å². The van der Waals surface area contributed by atoms with E-state index in [0.717, 1.165) is 0 Å². The third-order valence-corrected chi connectivity index (χ3v) is 7.52. The average Bonchev–Trinajstić information content (AvgIpc) is 2.70. The summed E-state index contributed by atoms with van der Waals surface area (Å²) in [5, 5.41) is 0. The Morgan fingerprint density at radius 3 is 2.80 bits per heavy atom. The van der Waals surface area contributed by atoms with Crippen LogP contribution in [0.3, 0.4) is 0 Å². The molecule has 1 fully saturated rings. The van der Waals surface area contributed by atoms with Crippen molar-refractivity contribution in [3.05, 3.63) is 33.8 Å². The molecule has 1 heterocycles. The maximum absolute atomic E-state index is 3.69. The van der Waals surface area contributed by atoms with E-state index in [-0.39, 0.29) is 0 Å². The van der Waals surface area contributed by atoms with Crippen LogP contribution in [0.5, 0.6) is 0 Å². The van der Waals surface area contributed by atoms with E-state index < -0.39 is 0 Å². The molecule has 0 nitrogen and oxygen atoms in total. The Hall–Kier alpha value is 0.400. The molecule has 1 aromatic rings. The van der Waals surface area contributed by atoms with Crippen LogP contribution in [0.4, 0.5) is 0 Å². The first-order chi connectivity index (χ1) is 7.32. The molecule has 0 saturated carbocycles. The van der Waals surface area contributed by atoms with Crippen molar-refractivity contribution in [2.75, 3.05) is 11.5 Å². The van der Waals surface area contributed by atoms with Crippen molar-refractivity contribution in [3.8, 4) is 0 Å². The topological polar surface area (TPSA) is 0 Å². The molecule has 0 unspecified atom stereocenters. The van der Waals surface area contributed by atoms with Gasteiger partial charge in [0, 0.05) is 16.0 Å². The number of thioether (sulfide) groups is 2. The molecule has 1 spiro atoms. The van der Waals surface area contributed by atoms with E-state index in [4.69, 9.17) is 0 Å². The van der Waals surface area contributed by atoms with Crippen LogP contribution >= 0.6 is 39.5 Å². The lowest BCUT2D eigenvalue weighted by Crippen LogP contribution is -2.21. The van der Waals surface area contributed by atoms with Gasteiger partial charge in [-0.25, -0.2) is 0 Å². The number of benzene rings is 1. The Kier molecular flexibility index (Phi) is 2.82. The molecule has 80 valence electrons. The SMILES string of the molecule is Brc1cccc2c1CCCC21SCCS1. The van der Waals surface area contributed by atoms with Crippen LogP contribution in [-0.4, -0.2) is 11.5 Å². The Morgan fingerprint density at radius 2 is 2.00 bits per heavy atom. The number of hydrogen-bond acceptors (Lipinski definition) is 2. The third kappa shape index (κ3) is 1.67. The summed E-state index contributed by atoms with van der Waals surface area (Å²) in [7, 11) is 0. The Labute approximate surface area is 108 Å². The van der Waals surface area contributed by atoms with Crippen LogP contribution < -0.4 is 0 Å². The summed E-state index contributed by atoms with van der Waals surface area (Å²) in [5.41, 5.74) is 3.15. The van der Waals surface area contributed by atoms with Crippen molar-refractivity contribution in [1.82, 2.24) is 0 Å². The first kappa shape index (κ1) is 10.5. The molecule has 0 N–H and O–H groups in total. The summed E-state index contributed by atoms with van der Waals surface area (Å²) in [4.78, 5) is 0. The summed E-state index contributed by atoms with van der Waals surface area (Å²) < 4.78 is 1.71. The first-order valence-corrected chi connectivity index (χ1v) is 8.14. The van der Waals surface area contributed by atoms with E-state index in [9.17, 15) is 0 Å². The third-order valence-electron chi connectivity index (χ3n) is 3.22. The van der Waals surface area contributed by atoms with Crippen molar-refractivity contribution in [3.63, 3.8) is 0 Å². The monoisotopic (exact) mass is 300 g/mol. The van der Waals surface area contributed by atoms with Crippen molar-refractivity contribution < 1.29 is 0 Å². The van der Waals surface area contributed by atoms with Gasteiger partial charge in [-0.3, -0.25) is 0 Å². The van der Waals surface area contributed by atoms with Gasteiger partial charge in [0.05, 0.1) is 4.08 Å². The van der Waals surface area contributed by atoms with Gasteiger partial charge >= 0.3 is 0 Å². The first-order valence-electron chi connectivity index (χ1n) is 5.38. The van der Waals surface area contributed by atoms with Crippen molar-refractivity contribution in [2.45, 2.75) is 23.3 Å². The van der Waals surface area contributed by atoms with E-state index in [2.05, 4.69) is 57.7 Å². The lowest BCUT2D eigenvalue weighted by atomic mass is 9.91. The molecule has 1 aliphatic carbocycles. The molecule has 1 aliphatic heterocycles. The minimum Gasteiger partial charge on any atom is -0.139 e. The van der Waals surface area contributed by atoms with Gasteiger partial charge in [0.2, 0.25) is 0 Å². The van der Waals surface area contributed by atoms with E-state index in [1.807, 2.05) is 0 Å². The zero-order valence-electron chi connectivity index (χ0n) is 8.46. The second kappa shape index (κ2) is 4.01. The summed E-state index contributed by atoms with van der Waals surface area (Å²) in [5.74, 6) is 2.63. The molecule has 15 heavy (non-hydrogen) atoms. The second-order valence-electron chi connectivity index (χ2n) is 4.07. The van der Waals surface area contributed by atoms with Crippen LogP contribution in [0.2, 0.25) is 0 Å². The van der Waals surface area contributed by atoms with E-state index in [1.165, 1.54) is 35.2 Å². The molecule has 3 rings (SSSR count). The molecule has 0 amide bonds. The highest BCUT2D eigenvalue weighted by atomic mass is 79.9. The molecule has 0 aromatic heterocycles. The maximum atomic E-state index is 3.69. The molecule has 0 radical (unpaired) electrons. The molecule has 0 bridgehead atoms. The Morgan fingerprint density at radius 1 is 1.20 bits per heavy atom. The molecule has 1 saturated heterocycles. The predicted octanol–water partition coefficient (Wildman–Crippen LogP) is 4.42. The van der Waals surface area contributed by atoms with E-state index >= 15 is 0 Å². The fourth-order valence-electron chi connectivity index (χ4n) is 2.56. The zero-order chi connectivity index (χ0) is 10.3. The van der Waals surface area contributed by atoms with Gasteiger partial charge in [0.1, 0.15) is 0 Å². The molecule has 3 heteroatoms. The van der Waals surface area contributed by atoms with Crippen LogP contribution in [0.15, 0.2) is 22.7 Å².